The average molecular weight is 439 g/mol. The summed E-state index contributed by atoms with van der Waals surface area (Å²) >= 11 is 6.85. The van der Waals surface area contributed by atoms with Crippen molar-refractivity contribution in [1.82, 2.24) is 10.2 Å². The number of benzene rings is 1. The second-order valence-corrected chi connectivity index (χ2v) is 9.00. The predicted octanol–water partition coefficient (Wildman–Crippen LogP) is 3.16. The molecule has 0 atom stereocenters. The molecule has 0 radical (unpaired) electrons. The van der Waals surface area contributed by atoms with E-state index in [1.165, 1.54) is 4.88 Å². The number of halogens is 1. The van der Waals surface area contributed by atoms with Gasteiger partial charge < -0.3 is 5.32 Å². The molecule has 3 rings (SSSR count). The number of fused-ring (bicyclic) bond motifs is 1. The van der Waals surface area contributed by atoms with Gasteiger partial charge in [0.2, 0.25) is 5.91 Å². The highest BCUT2D eigenvalue weighted by molar-refractivity contribution is 9.11. The molecule has 1 N–H and O–H groups in total. The maximum Gasteiger partial charge on any atom is 0.262 e. The summed E-state index contributed by atoms with van der Waals surface area (Å²) in [6.07, 6.45) is 0. The van der Waals surface area contributed by atoms with Crippen LogP contribution in [0.3, 0.4) is 0 Å². The molecule has 1 aromatic heterocycles. The number of carbonyl (C=O) groups is 3. The number of carbonyl (C=O) groups excluding carboxylic acids is 3. The molecule has 0 fully saturated rings. The lowest BCUT2D eigenvalue weighted by atomic mass is 10.1. The Labute approximate surface area is 161 Å². The fourth-order valence-electron chi connectivity index (χ4n) is 2.45. The molecule has 0 unspecified atom stereocenters. The summed E-state index contributed by atoms with van der Waals surface area (Å²) < 4.78 is 1.11. The van der Waals surface area contributed by atoms with Crippen LogP contribution in [0.25, 0.3) is 0 Å². The molecular weight excluding hydrogens is 424 g/mol. The summed E-state index contributed by atoms with van der Waals surface area (Å²) in [4.78, 5) is 38.7. The number of nitrogens with one attached hydrogen (secondary N) is 1. The van der Waals surface area contributed by atoms with Crippen molar-refractivity contribution in [1.29, 1.82) is 0 Å². The minimum Gasteiger partial charge on any atom is -0.354 e. The van der Waals surface area contributed by atoms with E-state index < -0.39 is 11.8 Å². The molecule has 0 spiro atoms. The molecule has 2 heterocycles. The fraction of sp³-hybridized carbons (Fsp3) is 0.235. The highest BCUT2D eigenvalue weighted by Gasteiger charge is 2.36. The standard InChI is InChI=1S/C17H15BrN2O3S2/c18-14-6-5-11(25-14)10-24-8-7-19-15(21)9-20-16(22)12-3-1-2-4-13(12)17(20)23/h1-6H,7-10H2,(H,19,21). The third kappa shape index (κ3) is 4.31. The lowest BCUT2D eigenvalue weighted by Gasteiger charge is -2.13. The van der Waals surface area contributed by atoms with Crippen molar-refractivity contribution in [2.75, 3.05) is 18.8 Å². The van der Waals surface area contributed by atoms with Crippen LogP contribution in [0.2, 0.25) is 0 Å². The molecule has 8 heteroatoms. The zero-order valence-electron chi connectivity index (χ0n) is 13.2. The second kappa shape index (κ2) is 8.16. The van der Waals surface area contributed by atoms with E-state index in [-0.39, 0.29) is 12.5 Å². The van der Waals surface area contributed by atoms with Gasteiger partial charge in [0, 0.05) is 22.9 Å². The van der Waals surface area contributed by atoms with Crippen LogP contribution in [0, 0.1) is 0 Å². The molecule has 1 aliphatic heterocycles. The van der Waals surface area contributed by atoms with E-state index in [1.54, 1.807) is 47.4 Å². The lowest BCUT2D eigenvalue weighted by molar-refractivity contribution is -0.121. The molecule has 0 saturated carbocycles. The van der Waals surface area contributed by atoms with Crippen LogP contribution in [-0.4, -0.2) is 41.5 Å². The Hall–Kier alpha value is -1.64. The molecule has 0 bridgehead atoms. The lowest BCUT2D eigenvalue weighted by Crippen LogP contribution is -2.40. The highest BCUT2D eigenvalue weighted by Crippen LogP contribution is 2.25. The van der Waals surface area contributed by atoms with E-state index >= 15 is 0 Å². The minimum absolute atomic E-state index is 0.241. The number of hydrogen-bond donors (Lipinski definition) is 1. The summed E-state index contributed by atoms with van der Waals surface area (Å²) in [5, 5.41) is 2.76. The molecule has 130 valence electrons. The summed E-state index contributed by atoms with van der Waals surface area (Å²) in [7, 11) is 0. The molecule has 25 heavy (non-hydrogen) atoms. The van der Waals surface area contributed by atoms with Crippen molar-refractivity contribution in [3.63, 3.8) is 0 Å². The van der Waals surface area contributed by atoms with Crippen molar-refractivity contribution < 1.29 is 14.4 Å². The highest BCUT2D eigenvalue weighted by atomic mass is 79.9. The maximum absolute atomic E-state index is 12.2. The number of thioether (sulfide) groups is 1. The number of nitrogens with zero attached hydrogens (tertiary/aromatic N) is 1. The van der Waals surface area contributed by atoms with Gasteiger partial charge >= 0.3 is 0 Å². The number of imide groups is 1. The molecule has 1 aromatic carbocycles. The third-order valence-corrected chi connectivity index (χ3v) is 6.44. The molecule has 1 aliphatic rings. The Kier molecular flexibility index (Phi) is 5.93. The van der Waals surface area contributed by atoms with Gasteiger partial charge in [0.1, 0.15) is 6.54 Å². The van der Waals surface area contributed by atoms with Gasteiger partial charge in [0.15, 0.2) is 0 Å². The van der Waals surface area contributed by atoms with Crippen LogP contribution < -0.4 is 5.32 Å². The van der Waals surface area contributed by atoms with Crippen molar-refractivity contribution in [2.45, 2.75) is 5.75 Å². The summed E-state index contributed by atoms with van der Waals surface area (Å²) in [5.41, 5.74) is 0.718. The van der Waals surface area contributed by atoms with Crippen molar-refractivity contribution in [3.8, 4) is 0 Å². The summed E-state index contributed by atoms with van der Waals surface area (Å²) in [5.74, 6) is 0.518. The van der Waals surface area contributed by atoms with E-state index in [2.05, 4.69) is 27.3 Å². The molecule has 3 amide bonds. The first-order chi connectivity index (χ1) is 12.1. The van der Waals surface area contributed by atoms with Crippen LogP contribution in [-0.2, 0) is 10.5 Å². The van der Waals surface area contributed by atoms with Gasteiger partial charge in [0.25, 0.3) is 11.8 Å². The van der Waals surface area contributed by atoms with E-state index in [4.69, 9.17) is 0 Å². The van der Waals surface area contributed by atoms with Crippen LogP contribution in [0.1, 0.15) is 25.6 Å². The Balaban J connectivity index is 1.41. The smallest absolute Gasteiger partial charge is 0.262 e. The number of rotatable bonds is 7. The Morgan fingerprint density at radius 2 is 1.80 bits per heavy atom. The summed E-state index contributed by atoms with van der Waals surface area (Å²) in [6, 6.07) is 10.7. The monoisotopic (exact) mass is 438 g/mol. The first-order valence-electron chi connectivity index (χ1n) is 7.60. The molecular formula is C17H15BrN2O3S2. The molecule has 5 nitrogen and oxygen atoms in total. The van der Waals surface area contributed by atoms with Gasteiger partial charge in [-0.1, -0.05) is 12.1 Å². The average Bonchev–Trinajstić information content (AvgIpc) is 3.12. The zero-order chi connectivity index (χ0) is 17.8. The van der Waals surface area contributed by atoms with Gasteiger partial charge in [-0.2, -0.15) is 11.8 Å². The van der Waals surface area contributed by atoms with Gasteiger partial charge in [0.05, 0.1) is 14.9 Å². The first-order valence-corrected chi connectivity index (χ1v) is 10.4. The SMILES string of the molecule is O=C(CN1C(=O)c2ccccc2C1=O)NCCSCc1ccc(Br)s1. The van der Waals surface area contributed by atoms with E-state index in [0.717, 1.165) is 20.2 Å². The van der Waals surface area contributed by atoms with Gasteiger partial charge in [-0.05, 0) is 40.2 Å². The number of hydrogen-bond acceptors (Lipinski definition) is 5. The van der Waals surface area contributed by atoms with Crippen molar-refractivity contribution in [3.05, 3.63) is 56.2 Å². The Morgan fingerprint density at radius 3 is 2.40 bits per heavy atom. The molecule has 0 aliphatic carbocycles. The number of thiophene rings is 1. The predicted molar refractivity (Wildman–Crippen MR) is 103 cm³/mol. The van der Waals surface area contributed by atoms with Crippen LogP contribution in [0.4, 0.5) is 0 Å². The third-order valence-electron chi connectivity index (χ3n) is 3.62. The maximum atomic E-state index is 12.2. The zero-order valence-corrected chi connectivity index (χ0v) is 16.4. The van der Waals surface area contributed by atoms with Gasteiger partial charge in [-0.3, -0.25) is 19.3 Å². The Morgan fingerprint density at radius 1 is 1.12 bits per heavy atom. The van der Waals surface area contributed by atoms with Gasteiger partial charge in [-0.15, -0.1) is 11.3 Å². The van der Waals surface area contributed by atoms with E-state index in [9.17, 15) is 14.4 Å². The van der Waals surface area contributed by atoms with E-state index in [0.29, 0.717) is 17.7 Å². The largest absolute Gasteiger partial charge is 0.354 e. The Bertz CT molecular complexity index is 787. The van der Waals surface area contributed by atoms with Crippen LogP contribution in [0.5, 0.6) is 0 Å². The minimum atomic E-state index is -0.409. The molecule has 2 aromatic rings. The first kappa shape index (κ1) is 18.2. The molecule has 0 saturated heterocycles. The van der Waals surface area contributed by atoms with Crippen LogP contribution in [0.15, 0.2) is 40.2 Å². The fourth-order valence-corrected chi connectivity index (χ4v) is 4.90. The number of amides is 3. The normalized spacial score (nSPS) is 13.2. The van der Waals surface area contributed by atoms with Crippen molar-refractivity contribution in [2.24, 2.45) is 0 Å². The quantitative estimate of drug-likeness (QED) is 0.532. The topological polar surface area (TPSA) is 66.5 Å². The van der Waals surface area contributed by atoms with Crippen LogP contribution >= 0.6 is 39.0 Å². The van der Waals surface area contributed by atoms with Gasteiger partial charge in [-0.25, -0.2) is 0 Å². The second-order valence-electron chi connectivity index (χ2n) is 5.35. The van der Waals surface area contributed by atoms with E-state index in [1.807, 2.05) is 6.07 Å². The summed E-state index contributed by atoms with van der Waals surface area (Å²) in [6.45, 7) is 0.258. The van der Waals surface area contributed by atoms with Crippen molar-refractivity contribution >= 4 is 56.8 Å².